The monoisotopic (exact) mass is 239 g/mol. The van der Waals surface area contributed by atoms with Crippen molar-refractivity contribution < 1.29 is 14.1 Å². The molecule has 7 heteroatoms. The number of likely N-dealkylation sites (tertiary alicyclic amines) is 1. The molecule has 1 amide bonds. The molecule has 1 atom stereocenters. The average Bonchev–Trinajstić information content (AvgIpc) is 2.77. The maximum absolute atomic E-state index is 11.9. The van der Waals surface area contributed by atoms with Gasteiger partial charge in [0.1, 0.15) is 4.92 Å². The van der Waals surface area contributed by atoms with E-state index in [-0.39, 0.29) is 17.7 Å². The first-order valence-corrected chi connectivity index (χ1v) is 5.37. The number of furan rings is 1. The predicted molar refractivity (Wildman–Crippen MR) is 58.5 cm³/mol. The molecule has 0 saturated carbocycles. The molecule has 0 radical (unpaired) electrons. The van der Waals surface area contributed by atoms with Gasteiger partial charge in [-0.15, -0.1) is 0 Å². The number of piperidine rings is 1. The molecule has 1 unspecified atom stereocenters. The van der Waals surface area contributed by atoms with E-state index < -0.39 is 10.8 Å². The Morgan fingerprint density at radius 1 is 1.59 bits per heavy atom. The summed E-state index contributed by atoms with van der Waals surface area (Å²) in [6, 6.07) is 2.47. The largest absolute Gasteiger partial charge is 0.433 e. The summed E-state index contributed by atoms with van der Waals surface area (Å²) in [4.78, 5) is 23.3. The highest BCUT2D eigenvalue weighted by Gasteiger charge is 2.26. The van der Waals surface area contributed by atoms with Crippen molar-refractivity contribution in [1.82, 2.24) is 4.90 Å². The molecule has 1 aromatic heterocycles. The number of nitrogens with zero attached hydrogens (tertiary/aromatic N) is 2. The molecule has 1 fully saturated rings. The van der Waals surface area contributed by atoms with Crippen molar-refractivity contribution >= 4 is 11.8 Å². The van der Waals surface area contributed by atoms with Gasteiger partial charge in [-0.3, -0.25) is 14.9 Å². The van der Waals surface area contributed by atoms with Crippen LogP contribution in [0.25, 0.3) is 0 Å². The van der Waals surface area contributed by atoms with Crippen molar-refractivity contribution in [2.75, 3.05) is 13.1 Å². The van der Waals surface area contributed by atoms with Gasteiger partial charge in [-0.1, -0.05) is 0 Å². The highest BCUT2D eigenvalue weighted by atomic mass is 16.6. The van der Waals surface area contributed by atoms with Gasteiger partial charge in [-0.25, -0.2) is 0 Å². The minimum absolute atomic E-state index is 0.00852. The third-order valence-corrected chi connectivity index (χ3v) is 2.73. The number of amides is 1. The standard InChI is InChI=1S/C10H13N3O4/c11-7-2-1-5-12(6-7)10(14)8-3-4-9(17-8)13(15)16/h3-4,7H,1-2,5-6,11H2. The molecule has 1 aliphatic heterocycles. The van der Waals surface area contributed by atoms with Gasteiger partial charge in [-0.2, -0.15) is 0 Å². The lowest BCUT2D eigenvalue weighted by atomic mass is 10.1. The van der Waals surface area contributed by atoms with Crippen LogP contribution >= 0.6 is 0 Å². The van der Waals surface area contributed by atoms with E-state index >= 15 is 0 Å². The fourth-order valence-electron chi connectivity index (χ4n) is 1.89. The fraction of sp³-hybridized carbons (Fsp3) is 0.500. The molecule has 2 N–H and O–H groups in total. The van der Waals surface area contributed by atoms with E-state index in [1.54, 1.807) is 4.90 Å². The number of nitrogens with two attached hydrogens (primary N) is 1. The minimum Gasteiger partial charge on any atom is -0.395 e. The third kappa shape index (κ3) is 2.44. The summed E-state index contributed by atoms with van der Waals surface area (Å²) in [5.41, 5.74) is 5.76. The molecule has 17 heavy (non-hydrogen) atoms. The van der Waals surface area contributed by atoms with Crippen LogP contribution in [0.2, 0.25) is 0 Å². The minimum atomic E-state index is -0.668. The van der Waals surface area contributed by atoms with Crippen LogP contribution < -0.4 is 5.73 Å². The molecular formula is C10H13N3O4. The van der Waals surface area contributed by atoms with E-state index in [9.17, 15) is 14.9 Å². The van der Waals surface area contributed by atoms with Crippen LogP contribution in [0.1, 0.15) is 23.4 Å². The van der Waals surface area contributed by atoms with Gasteiger partial charge in [0, 0.05) is 19.1 Å². The lowest BCUT2D eigenvalue weighted by Gasteiger charge is -2.29. The van der Waals surface area contributed by atoms with Gasteiger partial charge in [0.25, 0.3) is 5.91 Å². The number of hydrogen-bond acceptors (Lipinski definition) is 5. The second-order valence-electron chi connectivity index (χ2n) is 4.05. The molecule has 0 aliphatic carbocycles. The first kappa shape index (κ1) is 11.6. The zero-order valence-corrected chi connectivity index (χ0v) is 9.17. The second-order valence-corrected chi connectivity index (χ2v) is 4.05. The van der Waals surface area contributed by atoms with Gasteiger partial charge in [0.2, 0.25) is 0 Å². The Hall–Kier alpha value is -1.89. The van der Waals surface area contributed by atoms with E-state index in [1.165, 1.54) is 12.1 Å². The molecule has 0 aromatic carbocycles. The highest BCUT2D eigenvalue weighted by Crippen LogP contribution is 2.19. The van der Waals surface area contributed by atoms with Gasteiger partial charge in [0.05, 0.1) is 6.07 Å². The number of nitro groups is 1. The molecule has 2 heterocycles. The van der Waals surface area contributed by atoms with Crippen molar-refractivity contribution in [3.8, 4) is 0 Å². The maximum Gasteiger partial charge on any atom is 0.433 e. The van der Waals surface area contributed by atoms with E-state index in [0.29, 0.717) is 13.1 Å². The van der Waals surface area contributed by atoms with Crippen LogP contribution in [0.15, 0.2) is 16.5 Å². The molecule has 92 valence electrons. The quantitative estimate of drug-likeness (QED) is 0.606. The zero-order valence-electron chi connectivity index (χ0n) is 9.17. The molecule has 0 spiro atoms. The fourth-order valence-corrected chi connectivity index (χ4v) is 1.89. The molecule has 1 aliphatic rings. The van der Waals surface area contributed by atoms with E-state index in [2.05, 4.69) is 0 Å². The van der Waals surface area contributed by atoms with Crippen LogP contribution in [0, 0.1) is 10.1 Å². The second kappa shape index (κ2) is 4.54. The lowest BCUT2D eigenvalue weighted by molar-refractivity contribution is -0.402. The summed E-state index contributed by atoms with van der Waals surface area (Å²) in [6.45, 7) is 1.08. The van der Waals surface area contributed by atoms with Crippen LogP contribution in [0.4, 0.5) is 5.88 Å². The van der Waals surface area contributed by atoms with Gasteiger partial charge < -0.3 is 15.1 Å². The zero-order chi connectivity index (χ0) is 12.4. The Morgan fingerprint density at radius 3 is 2.94 bits per heavy atom. The summed E-state index contributed by atoms with van der Waals surface area (Å²) in [7, 11) is 0. The smallest absolute Gasteiger partial charge is 0.395 e. The van der Waals surface area contributed by atoms with E-state index in [4.69, 9.17) is 10.2 Å². The lowest BCUT2D eigenvalue weighted by Crippen LogP contribution is -2.45. The summed E-state index contributed by atoms with van der Waals surface area (Å²) in [5.74, 6) is -0.770. The van der Waals surface area contributed by atoms with Gasteiger partial charge in [0.15, 0.2) is 5.76 Å². The first-order valence-electron chi connectivity index (χ1n) is 5.37. The van der Waals surface area contributed by atoms with E-state index in [1.807, 2.05) is 0 Å². The molecule has 1 aromatic rings. The first-order chi connectivity index (χ1) is 8.08. The van der Waals surface area contributed by atoms with Crippen LogP contribution in [-0.2, 0) is 0 Å². The normalized spacial score (nSPS) is 20.3. The predicted octanol–water partition coefficient (Wildman–Crippen LogP) is 0.751. The van der Waals surface area contributed by atoms with Crippen LogP contribution in [0.3, 0.4) is 0 Å². The van der Waals surface area contributed by atoms with Crippen molar-refractivity contribution in [2.24, 2.45) is 5.73 Å². The summed E-state index contributed by atoms with van der Waals surface area (Å²) >= 11 is 0. The maximum atomic E-state index is 11.9. The van der Waals surface area contributed by atoms with Crippen LogP contribution in [0.5, 0.6) is 0 Å². The average molecular weight is 239 g/mol. The van der Waals surface area contributed by atoms with E-state index in [0.717, 1.165) is 12.8 Å². The van der Waals surface area contributed by atoms with Crippen molar-refractivity contribution in [2.45, 2.75) is 18.9 Å². The van der Waals surface area contributed by atoms with Gasteiger partial charge >= 0.3 is 5.88 Å². The Balaban J connectivity index is 2.10. The van der Waals surface area contributed by atoms with Crippen molar-refractivity contribution in [3.63, 3.8) is 0 Å². The number of carbonyl (C=O) groups excluding carboxylic acids is 1. The van der Waals surface area contributed by atoms with Crippen molar-refractivity contribution in [3.05, 3.63) is 28.0 Å². The third-order valence-electron chi connectivity index (χ3n) is 2.73. The molecular weight excluding hydrogens is 226 g/mol. The number of carbonyl (C=O) groups is 1. The van der Waals surface area contributed by atoms with Gasteiger partial charge in [-0.05, 0) is 18.9 Å². The summed E-state index contributed by atoms with van der Waals surface area (Å²) in [6.07, 6.45) is 1.73. The molecule has 1 saturated heterocycles. The summed E-state index contributed by atoms with van der Waals surface area (Å²) < 4.78 is 4.86. The molecule has 2 rings (SSSR count). The molecule has 7 nitrogen and oxygen atoms in total. The van der Waals surface area contributed by atoms with Crippen molar-refractivity contribution in [1.29, 1.82) is 0 Å². The SMILES string of the molecule is NC1CCCN(C(=O)c2ccc([N+](=O)[O-])o2)C1. The Morgan fingerprint density at radius 2 is 2.35 bits per heavy atom. The number of rotatable bonds is 2. The Labute approximate surface area is 97.3 Å². The number of hydrogen-bond donors (Lipinski definition) is 1. The Bertz CT molecular complexity index is 443. The topological polar surface area (TPSA) is 103 Å². The van der Waals surface area contributed by atoms with Crippen LogP contribution in [-0.4, -0.2) is 34.9 Å². The Kier molecular flexibility index (Phi) is 3.10. The highest BCUT2D eigenvalue weighted by molar-refractivity contribution is 5.91. The summed E-state index contributed by atoms with van der Waals surface area (Å²) in [5, 5.41) is 10.4. The molecule has 0 bridgehead atoms.